The summed E-state index contributed by atoms with van der Waals surface area (Å²) < 4.78 is 0. The first-order valence-electron chi connectivity index (χ1n) is 6.86. The summed E-state index contributed by atoms with van der Waals surface area (Å²) in [6.45, 7) is 0. The Morgan fingerprint density at radius 1 is 1.32 bits per heavy atom. The normalized spacial score (nSPS) is 14.9. The molecule has 0 radical (unpaired) electrons. The molecule has 0 spiro atoms. The lowest BCUT2D eigenvalue weighted by Gasteiger charge is -2.00. The van der Waals surface area contributed by atoms with Gasteiger partial charge < -0.3 is 21.1 Å². The molecule has 0 saturated heterocycles. The molecule has 0 aliphatic carbocycles. The predicted molar refractivity (Wildman–Crippen MR) is 84.1 cm³/mol. The van der Waals surface area contributed by atoms with E-state index in [2.05, 4.69) is 10.3 Å². The van der Waals surface area contributed by atoms with Gasteiger partial charge in [-0.2, -0.15) is 0 Å². The van der Waals surface area contributed by atoms with Crippen molar-refractivity contribution in [2.45, 2.75) is 12.8 Å². The Morgan fingerprint density at radius 2 is 2.09 bits per heavy atom. The summed E-state index contributed by atoms with van der Waals surface area (Å²) in [5.41, 5.74) is 9.33. The molecule has 3 rings (SSSR count). The quantitative estimate of drug-likeness (QED) is 0.648. The number of hydrogen-bond acceptors (Lipinski definition) is 3. The van der Waals surface area contributed by atoms with Crippen LogP contribution in [0.3, 0.4) is 0 Å². The molecule has 0 bridgehead atoms. The van der Waals surface area contributed by atoms with E-state index in [9.17, 15) is 9.59 Å². The standard InChI is InChI=1S/C16H15N3O3/c17-14-7-9(5-6-15(20)21)13(18-14)8-11-10-3-1-2-4-12(10)19-16(11)22/h1-4,7-8,18H,5-6,17H2,(H,19,22)(H,20,21)/b11-8-. The van der Waals surface area contributed by atoms with E-state index in [1.807, 2.05) is 24.3 Å². The summed E-state index contributed by atoms with van der Waals surface area (Å²) in [6.07, 6.45) is 2.08. The first-order chi connectivity index (χ1) is 10.5. The van der Waals surface area contributed by atoms with Crippen LogP contribution in [0.4, 0.5) is 11.5 Å². The highest BCUT2D eigenvalue weighted by Gasteiger charge is 2.24. The molecule has 6 heteroatoms. The molecule has 0 fully saturated rings. The zero-order valence-corrected chi connectivity index (χ0v) is 11.7. The molecule has 1 aromatic heterocycles. The highest BCUT2D eigenvalue weighted by Crippen LogP contribution is 2.33. The van der Waals surface area contributed by atoms with Gasteiger partial charge in [-0.3, -0.25) is 9.59 Å². The van der Waals surface area contributed by atoms with E-state index in [1.54, 1.807) is 12.1 Å². The molecule has 1 aliphatic heterocycles. The van der Waals surface area contributed by atoms with Gasteiger partial charge in [0.1, 0.15) is 5.82 Å². The van der Waals surface area contributed by atoms with Gasteiger partial charge >= 0.3 is 5.97 Å². The highest BCUT2D eigenvalue weighted by atomic mass is 16.4. The average Bonchev–Trinajstić information content (AvgIpc) is 2.98. The maximum Gasteiger partial charge on any atom is 0.303 e. The minimum Gasteiger partial charge on any atom is -0.481 e. The van der Waals surface area contributed by atoms with Gasteiger partial charge in [-0.1, -0.05) is 18.2 Å². The Morgan fingerprint density at radius 3 is 2.86 bits per heavy atom. The van der Waals surface area contributed by atoms with E-state index >= 15 is 0 Å². The fraction of sp³-hybridized carbons (Fsp3) is 0.125. The number of aliphatic carboxylic acids is 1. The van der Waals surface area contributed by atoms with Crippen LogP contribution in [0.25, 0.3) is 11.6 Å². The Balaban J connectivity index is 1.99. The fourth-order valence-electron chi connectivity index (χ4n) is 2.54. The molecule has 22 heavy (non-hydrogen) atoms. The molecule has 6 nitrogen and oxygen atoms in total. The number of aryl methyl sites for hydroxylation is 1. The van der Waals surface area contributed by atoms with Gasteiger partial charge in [0.15, 0.2) is 0 Å². The van der Waals surface area contributed by atoms with E-state index < -0.39 is 5.97 Å². The topological polar surface area (TPSA) is 108 Å². The molecular formula is C16H15N3O3. The number of amides is 1. The number of anilines is 2. The smallest absolute Gasteiger partial charge is 0.303 e. The maximum absolute atomic E-state index is 12.1. The van der Waals surface area contributed by atoms with Gasteiger partial charge in [0.25, 0.3) is 5.91 Å². The number of nitrogens with one attached hydrogen (secondary N) is 2. The number of fused-ring (bicyclic) bond motifs is 1. The molecular weight excluding hydrogens is 282 g/mol. The summed E-state index contributed by atoms with van der Waals surface area (Å²) in [4.78, 5) is 25.8. The SMILES string of the molecule is Nc1cc(CCC(=O)O)c(/C=C2\C(=O)Nc3ccccc32)[nH]1. The summed E-state index contributed by atoms with van der Waals surface area (Å²) >= 11 is 0. The second kappa shape index (κ2) is 5.40. The number of para-hydroxylation sites is 1. The van der Waals surface area contributed by atoms with Crippen LogP contribution in [-0.2, 0) is 16.0 Å². The number of hydrogen-bond donors (Lipinski definition) is 4. The number of benzene rings is 1. The fourth-order valence-corrected chi connectivity index (χ4v) is 2.54. The van der Waals surface area contributed by atoms with Gasteiger partial charge in [0.05, 0.1) is 5.57 Å². The maximum atomic E-state index is 12.1. The minimum absolute atomic E-state index is 0.0102. The lowest BCUT2D eigenvalue weighted by Crippen LogP contribution is -2.04. The summed E-state index contributed by atoms with van der Waals surface area (Å²) in [6, 6.07) is 9.12. The number of carboxylic acids is 1. The van der Waals surface area contributed by atoms with Crippen molar-refractivity contribution in [3.63, 3.8) is 0 Å². The zero-order chi connectivity index (χ0) is 15.7. The van der Waals surface area contributed by atoms with Crippen LogP contribution >= 0.6 is 0 Å². The average molecular weight is 297 g/mol. The third-order valence-electron chi connectivity index (χ3n) is 3.56. The number of nitrogens with two attached hydrogens (primary N) is 1. The third-order valence-corrected chi connectivity index (χ3v) is 3.56. The van der Waals surface area contributed by atoms with Crippen LogP contribution < -0.4 is 11.1 Å². The molecule has 0 atom stereocenters. The number of carbonyl (C=O) groups excluding carboxylic acids is 1. The second-order valence-electron chi connectivity index (χ2n) is 5.12. The van der Waals surface area contributed by atoms with E-state index in [-0.39, 0.29) is 12.3 Å². The Labute approximate surface area is 126 Å². The lowest BCUT2D eigenvalue weighted by atomic mass is 10.0. The van der Waals surface area contributed by atoms with Crippen molar-refractivity contribution >= 4 is 35.0 Å². The van der Waals surface area contributed by atoms with Gasteiger partial charge in [0, 0.05) is 23.4 Å². The van der Waals surface area contributed by atoms with Gasteiger partial charge in [-0.25, -0.2) is 0 Å². The molecule has 2 aromatic rings. The van der Waals surface area contributed by atoms with Crippen molar-refractivity contribution in [2.24, 2.45) is 0 Å². The van der Waals surface area contributed by atoms with E-state index in [4.69, 9.17) is 10.8 Å². The largest absolute Gasteiger partial charge is 0.481 e. The number of carboxylic acid groups (broad SMARTS) is 1. The Bertz CT molecular complexity index is 790. The third kappa shape index (κ3) is 2.58. The Hall–Kier alpha value is -3.02. The first-order valence-corrected chi connectivity index (χ1v) is 6.86. The van der Waals surface area contributed by atoms with Gasteiger partial charge in [-0.15, -0.1) is 0 Å². The molecule has 0 unspecified atom stereocenters. The predicted octanol–water partition coefficient (Wildman–Crippen LogP) is 2.11. The van der Waals surface area contributed by atoms with E-state index in [0.29, 0.717) is 23.5 Å². The van der Waals surface area contributed by atoms with Crippen molar-refractivity contribution in [1.82, 2.24) is 4.98 Å². The number of carbonyl (C=O) groups is 2. The van der Waals surface area contributed by atoms with Crippen LogP contribution in [0.15, 0.2) is 30.3 Å². The lowest BCUT2D eigenvalue weighted by molar-refractivity contribution is -0.137. The Kier molecular flexibility index (Phi) is 3.42. The van der Waals surface area contributed by atoms with Crippen molar-refractivity contribution in [3.05, 3.63) is 47.2 Å². The van der Waals surface area contributed by atoms with Crippen LogP contribution in [-0.4, -0.2) is 22.0 Å². The van der Waals surface area contributed by atoms with Crippen molar-refractivity contribution < 1.29 is 14.7 Å². The molecule has 1 aliphatic rings. The van der Waals surface area contributed by atoms with E-state index in [0.717, 1.165) is 16.8 Å². The summed E-state index contributed by atoms with van der Waals surface area (Å²) in [5.74, 6) is -0.611. The number of nitrogen functional groups attached to an aromatic ring is 1. The van der Waals surface area contributed by atoms with E-state index in [1.165, 1.54) is 0 Å². The zero-order valence-electron chi connectivity index (χ0n) is 11.7. The van der Waals surface area contributed by atoms with Crippen LogP contribution in [0.5, 0.6) is 0 Å². The molecule has 2 heterocycles. The van der Waals surface area contributed by atoms with Crippen molar-refractivity contribution in [1.29, 1.82) is 0 Å². The highest BCUT2D eigenvalue weighted by molar-refractivity contribution is 6.34. The second-order valence-corrected chi connectivity index (χ2v) is 5.12. The molecule has 5 N–H and O–H groups in total. The minimum atomic E-state index is -0.873. The van der Waals surface area contributed by atoms with Gasteiger partial charge in [-0.05, 0) is 30.2 Å². The van der Waals surface area contributed by atoms with Crippen LogP contribution in [0.2, 0.25) is 0 Å². The molecule has 1 aromatic carbocycles. The monoisotopic (exact) mass is 297 g/mol. The van der Waals surface area contributed by atoms with Crippen molar-refractivity contribution in [3.8, 4) is 0 Å². The number of rotatable bonds is 4. The first kappa shape index (κ1) is 13.9. The van der Waals surface area contributed by atoms with Crippen LogP contribution in [0, 0.1) is 0 Å². The van der Waals surface area contributed by atoms with Gasteiger partial charge in [0.2, 0.25) is 0 Å². The van der Waals surface area contributed by atoms with Crippen molar-refractivity contribution in [2.75, 3.05) is 11.1 Å². The number of aromatic amines is 1. The summed E-state index contributed by atoms with van der Waals surface area (Å²) in [7, 11) is 0. The van der Waals surface area contributed by atoms with Crippen LogP contribution in [0.1, 0.15) is 23.2 Å². The molecule has 112 valence electrons. The number of H-pyrrole nitrogens is 1. The number of aromatic nitrogens is 1. The summed E-state index contributed by atoms with van der Waals surface area (Å²) in [5, 5.41) is 11.6. The molecule has 0 saturated carbocycles. The molecule has 1 amide bonds.